The Hall–Kier alpha value is -0.640. The highest BCUT2D eigenvalue weighted by atomic mass is 16.7. The normalized spacial score (nSPS) is 30.1. The summed E-state index contributed by atoms with van der Waals surface area (Å²) in [6.07, 6.45) is 5.30. The summed E-state index contributed by atoms with van der Waals surface area (Å²) >= 11 is 0. The van der Waals surface area contributed by atoms with Crippen LogP contribution in [0.1, 0.15) is 87.0 Å². The van der Waals surface area contributed by atoms with Crippen LogP contribution in [-0.4, -0.2) is 49.2 Å². The van der Waals surface area contributed by atoms with Gasteiger partial charge in [0.05, 0.1) is 11.5 Å². The average molecular weight is 413 g/mol. The molecule has 0 aromatic rings. The van der Waals surface area contributed by atoms with Crippen LogP contribution in [0.2, 0.25) is 0 Å². The third-order valence-electron chi connectivity index (χ3n) is 6.29. The summed E-state index contributed by atoms with van der Waals surface area (Å²) in [5.74, 6) is 6.49. The first-order valence-corrected chi connectivity index (χ1v) is 11.3. The van der Waals surface area contributed by atoms with Gasteiger partial charge in [0.15, 0.2) is 0 Å². The van der Waals surface area contributed by atoms with E-state index < -0.39 is 22.7 Å². The van der Waals surface area contributed by atoms with Crippen LogP contribution < -0.4 is 0 Å². The second-order valence-corrected chi connectivity index (χ2v) is 8.98. The maximum Gasteiger partial charge on any atom is 0.147 e. The van der Waals surface area contributed by atoms with Crippen LogP contribution in [0.4, 0.5) is 0 Å². The molecule has 1 N–H and O–H groups in total. The minimum Gasteiger partial charge on any atom is -0.384 e. The molecular weight excluding hydrogens is 368 g/mol. The maximum absolute atomic E-state index is 11.9. The van der Waals surface area contributed by atoms with Crippen LogP contribution in [0.5, 0.6) is 0 Å². The van der Waals surface area contributed by atoms with Crippen LogP contribution in [0.15, 0.2) is 0 Å². The van der Waals surface area contributed by atoms with Gasteiger partial charge in [0.25, 0.3) is 0 Å². The van der Waals surface area contributed by atoms with Gasteiger partial charge in [-0.25, -0.2) is 0 Å². The number of rotatable bonds is 13. The second kappa shape index (κ2) is 12.3. The zero-order valence-corrected chi connectivity index (χ0v) is 19.8. The van der Waals surface area contributed by atoms with Crippen molar-refractivity contribution in [2.75, 3.05) is 26.8 Å². The number of hydrogen-bond acceptors (Lipinski definition) is 5. The Balaban J connectivity index is 3.05. The molecule has 170 valence electrons. The fraction of sp³-hybridized carbons (Fsp3) is 0.917. The molecule has 0 saturated heterocycles. The predicted molar refractivity (Wildman–Crippen MR) is 116 cm³/mol. The number of aliphatic hydroxyl groups is 1. The first kappa shape index (κ1) is 26.4. The highest BCUT2D eigenvalue weighted by Gasteiger charge is 2.64. The summed E-state index contributed by atoms with van der Waals surface area (Å²) in [6.45, 7) is 15.7. The second-order valence-electron chi connectivity index (χ2n) is 8.98. The van der Waals surface area contributed by atoms with E-state index in [1.807, 2.05) is 27.7 Å². The van der Waals surface area contributed by atoms with Crippen LogP contribution in [0.25, 0.3) is 0 Å². The Morgan fingerprint density at radius 3 is 2.21 bits per heavy atom. The van der Waals surface area contributed by atoms with Crippen molar-refractivity contribution < 1.29 is 24.1 Å². The van der Waals surface area contributed by atoms with Crippen molar-refractivity contribution in [2.24, 2.45) is 11.3 Å². The van der Waals surface area contributed by atoms with Crippen molar-refractivity contribution in [3.63, 3.8) is 0 Å². The summed E-state index contributed by atoms with van der Waals surface area (Å²) in [7, 11) is 0. The average Bonchev–Trinajstić information content (AvgIpc) is 2.65. The van der Waals surface area contributed by atoms with Crippen LogP contribution in [0.3, 0.4) is 0 Å². The van der Waals surface area contributed by atoms with Crippen LogP contribution in [0, 0.1) is 23.2 Å². The molecule has 0 bridgehead atoms. The molecule has 3 unspecified atom stereocenters. The lowest BCUT2D eigenvalue weighted by Gasteiger charge is -2.58. The Kier molecular flexibility index (Phi) is 11.2. The van der Waals surface area contributed by atoms with Gasteiger partial charge in [-0.1, -0.05) is 39.5 Å². The molecule has 1 aliphatic carbocycles. The van der Waals surface area contributed by atoms with Gasteiger partial charge >= 0.3 is 0 Å². The molecule has 1 aliphatic rings. The van der Waals surface area contributed by atoms with Crippen LogP contribution in [-0.2, 0) is 18.9 Å². The molecule has 1 rings (SSSR count). The molecule has 0 spiro atoms. The van der Waals surface area contributed by atoms with E-state index in [1.54, 1.807) is 0 Å². The molecular formula is C24H44O5. The molecule has 5 nitrogen and oxygen atoms in total. The molecule has 0 aromatic carbocycles. The number of ether oxygens (including phenoxy) is 4. The Bertz CT molecular complexity index is 519. The predicted octanol–water partition coefficient (Wildman–Crippen LogP) is 4.91. The van der Waals surface area contributed by atoms with Crippen molar-refractivity contribution in [1.29, 1.82) is 0 Å². The van der Waals surface area contributed by atoms with Crippen molar-refractivity contribution in [3.8, 4) is 11.8 Å². The van der Waals surface area contributed by atoms with Crippen LogP contribution >= 0.6 is 0 Å². The Morgan fingerprint density at radius 1 is 1.07 bits per heavy atom. The minimum absolute atomic E-state index is 0.138. The van der Waals surface area contributed by atoms with Gasteiger partial charge in [-0.15, -0.1) is 5.92 Å². The number of unbranched alkanes of at least 4 members (excludes halogenated alkanes) is 2. The monoisotopic (exact) mass is 412 g/mol. The standard InChI is InChI=1S/C24H44O5/c1-8-11-16-26-18-28-21-20(4)13-15-24(23(21,7)25,22(5,6)14-10-3)29-19-27-17-12-9-2/h20-21,25H,8-9,11-13,15-19H2,1-7H3/t20?,21?,23?,24-/m0/s1. The fourth-order valence-electron chi connectivity index (χ4n) is 4.58. The van der Waals surface area contributed by atoms with E-state index in [-0.39, 0.29) is 19.5 Å². The van der Waals surface area contributed by atoms with E-state index in [9.17, 15) is 5.11 Å². The lowest BCUT2D eigenvalue weighted by atomic mass is 9.57. The van der Waals surface area contributed by atoms with E-state index in [2.05, 4.69) is 32.6 Å². The van der Waals surface area contributed by atoms with Crippen molar-refractivity contribution in [2.45, 2.75) is 104 Å². The molecule has 29 heavy (non-hydrogen) atoms. The largest absolute Gasteiger partial charge is 0.384 e. The summed E-state index contributed by atoms with van der Waals surface area (Å²) < 4.78 is 23.8. The SMILES string of the molecule is CC#CC(C)(C)[C@@]1(OCOCCCC)CCC(C)C(OCOCCCC)C1(C)O. The number of hydrogen-bond donors (Lipinski definition) is 1. The highest BCUT2D eigenvalue weighted by Crippen LogP contribution is 2.52. The molecule has 0 radical (unpaired) electrons. The summed E-state index contributed by atoms with van der Waals surface area (Å²) in [4.78, 5) is 0. The quantitative estimate of drug-likeness (QED) is 0.265. The smallest absolute Gasteiger partial charge is 0.147 e. The van der Waals surface area contributed by atoms with Gasteiger partial charge in [-0.2, -0.15) is 0 Å². The van der Waals surface area contributed by atoms with Gasteiger partial charge in [-0.3, -0.25) is 0 Å². The molecule has 0 amide bonds. The lowest BCUT2D eigenvalue weighted by molar-refractivity contribution is -0.313. The summed E-state index contributed by atoms with van der Waals surface area (Å²) in [5, 5.41) is 11.9. The summed E-state index contributed by atoms with van der Waals surface area (Å²) in [6, 6.07) is 0. The van der Waals surface area contributed by atoms with Gasteiger partial charge in [0.2, 0.25) is 0 Å². The van der Waals surface area contributed by atoms with E-state index in [0.29, 0.717) is 19.6 Å². The van der Waals surface area contributed by atoms with Crippen molar-refractivity contribution in [1.82, 2.24) is 0 Å². The Labute approximate surface area is 178 Å². The van der Waals surface area contributed by atoms with E-state index >= 15 is 0 Å². The van der Waals surface area contributed by atoms with Gasteiger partial charge in [0.1, 0.15) is 24.8 Å². The van der Waals surface area contributed by atoms with Gasteiger partial charge in [0, 0.05) is 13.2 Å². The topological polar surface area (TPSA) is 57.2 Å². The molecule has 0 aromatic heterocycles. The molecule has 1 fully saturated rings. The molecule has 0 aliphatic heterocycles. The van der Waals surface area contributed by atoms with Crippen molar-refractivity contribution in [3.05, 3.63) is 0 Å². The van der Waals surface area contributed by atoms with Gasteiger partial charge in [-0.05, 0) is 59.3 Å². The minimum atomic E-state index is -1.25. The first-order valence-electron chi connectivity index (χ1n) is 11.3. The maximum atomic E-state index is 11.9. The zero-order valence-electron chi connectivity index (χ0n) is 19.8. The molecule has 5 heteroatoms. The zero-order chi connectivity index (χ0) is 22.0. The third kappa shape index (κ3) is 6.42. The van der Waals surface area contributed by atoms with Gasteiger partial charge < -0.3 is 24.1 Å². The lowest BCUT2D eigenvalue weighted by Crippen LogP contribution is -2.71. The molecule has 1 saturated carbocycles. The van der Waals surface area contributed by atoms with E-state index in [1.165, 1.54) is 0 Å². The van der Waals surface area contributed by atoms with E-state index in [0.717, 1.165) is 32.1 Å². The fourth-order valence-corrected chi connectivity index (χ4v) is 4.58. The molecule has 4 atom stereocenters. The van der Waals surface area contributed by atoms with E-state index in [4.69, 9.17) is 18.9 Å². The van der Waals surface area contributed by atoms with Crippen molar-refractivity contribution >= 4 is 0 Å². The summed E-state index contributed by atoms with van der Waals surface area (Å²) in [5.41, 5.74) is -2.74. The first-order chi connectivity index (χ1) is 13.7. The third-order valence-corrected chi connectivity index (χ3v) is 6.29. The Morgan fingerprint density at radius 2 is 1.66 bits per heavy atom. The molecule has 0 heterocycles. The highest BCUT2D eigenvalue weighted by molar-refractivity contribution is 5.23.